The summed E-state index contributed by atoms with van der Waals surface area (Å²) in [5.41, 5.74) is 6.15. The van der Waals surface area contributed by atoms with Crippen molar-refractivity contribution in [2.75, 3.05) is 12.5 Å². The summed E-state index contributed by atoms with van der Waals surface area (Å²) in [6.07, 6.45) is 3.09. The van der Waals surface area contributed by atoms with Gasteiger partial charge in [-0.25, -0.2) is 8.42 Å². The summed E-state index contributed by atoms with van der Waals surface area (Å²) in [6, 6.07) is 3.78. The molecular formula is C11H15NO4S2. The number of carboxylic acid groups (broad SMARTS) is 1. The molecule has 0 aliphatic heterocycles. The Bertz CT molecular complexity index is 554. The first-order chi connectivity index (χ1) is 8.25. The summed E-state index contributed by atoms with van der Waals surface area (Å²) in [4.78, 5) is 11.5. The molecule has 0 amide bonds. The molecule has 0 bridgehead atoms. The van der Waals surface area contributed by atoms with E-state index in [9.17, 15) is 13.2 Å². The van der Waals surface area contributed by atoms with Crippen LogP contribution in [0.1, 0.15) is 5.56 Å². The summed E-state index contributed by atoms with van der Waals surface area (Å²) >= 11 is 1.30. The van der Waals surface area contributed by atoms with E-state index in [4.69, 9.17) is 10.8 Å². The summed E-state index contributed by atoms with van der Waals surface area (Å²) in [5, 5.41) is 8.73. The van der Waals surface area contributed by atoms with Crippen LogP contribution in [0.4, 0.5) is 0 Å². The average molecular weight is 289 g/mol. The van der Waals surface area contributed by atoms with Crippen LogP contribution in [0, 0.1) is 0 Å². The molecule has 1 unspecified atom stereocenters. The van der Waals surface area contributed by atoms with Crippen molar-refractivity contribution in [3.05, 3.63) is 23.8 Å². The van der Waals surface area contributed by atoms with E-state index in [-0.39, 0.29) is 11.3 Å². The first-order valence-electron chi connectivity index (χ1n) is 5.11. The molecule has 0 aromatic heterocycles. The lowest BCUT2D eigenvalue weighted by Crippen LogP contribution is -2.32. The van der Waals surface area contributed by atoms with Gasteiger partial charge in [0.05, 0.1) is 4.90 Å². The molecule has 100 valence electrons. The van der Waals surface area contributed by atoms with Gasteiger partial charge < -0.3 is 10.8 Å². The van der Waals surface area contributed by atoms with Gasteiger partial charge in [0.1, 0.15) is 6.04 Å². The predicted molar refractivity (Wildman–Crippen MR) is 70.6 cm³/mol. The molecule has 0 fully saturated rings. The van der Waals surface area contributed by atoms with Crippen LogP contribution in [0.25, 0.3) is 0 Å². The van der Waals surface area contributed by atoms with Crippen molar-refractivity contribution < 1.29 is 18.3 Å². The van der Waals surface area contributed by atoms with E-state index in [0.29, 0.717) is 10.5 Å². The van der Waals surface area contributed by atoms with E-state index in [0.717, 1.165) is 6.26 Å². The molecule has 0 saturated carbocycles. The average Bonchev–Trinajstić information content (AvgIpc) is 2.27. The third-order valence-corrected chi connectivity index (χ3v) is 4.46. The van der Waals surface area contributed by atoms with Crippen LogP contribution in [-0.4, -0.2) is 38.0 Å². The van der Waals surface area contributed by atoms with E-state index >= 15 is 0 Å². The number of benzene rings is 1. The quantitative estimate of drug-likeness (QED) is 0.777. The Balaban J connectivity index is 3.10. The van der Waals surface area contributed by atoms with Crippen LogP contribution in [-0.2, 0) is 21.1 Å². The molecule has 1 rings (SSSR count). The van der Waals surface area contributed by atoms with Gasteiger partial charge in [0.2, 0.25) is 0 Å². The molecule has 0 aliphatic carbocycles. The number of aliphatic carboxylic acids is 1. The summed E-state index contributed by atoms with van der Waals surface area (Å²) < 4.78 is 23.0. The van der Waals surface area contributed by atoms with Crippen LogP contribution < -0.4 is 5.73 Å². The van der Waals surface area contributed by atoms with Gasteiger partial charge in [0, 0.05) is 11.2 Å². The van der Waals surface area contributed by atoms with Gasteiger partial charge in [0.15, 0.2) is 9.84 Å². The standard InChI is InChI=1S/C11H15NO4S2/c1-17-9-6-7(5-8(12)11(13)14)3-4-10(9)18(2,15)16/h3-4,6,8H,5,12H2,1-2H3,(H,13,14). The van der Waals surface area contributed by atoms with E-state index in [1.807, 2.05) is 0 Å². The fourth-order valence-electron chi connectivity index (χ4n) is 1.49. The summed E-state index contributed by atoms with van der Waals surface area (Å²) in [5.74, 6) is -1.08. The Labute approximate surface area is 110 Å². The van der Waals surface area contributed by atoms with Gasteiger partial charge in [-0.15, -0.1) is 11.8 Å². The molecule has 1 aromatic carbocycles. The van der Waals surface area contributed by atoms with Gasteiger partial charge in [-0.05, 0) is 30.4 Å². The zero-order valence-corrected chi connectivity index (χ0v) is 11.7. The predicted octanol–water partition coefficient (Wildman–Crippen LogP) is 0.766. The summed E-state index contributed by atoms with van der Waals surface area (Å²) in [7, 11) is -3.28. The maximum atomic E-state index is 11.5. The van der Waals surface area contributed by atoms with Gasteiger partial charge in [-0.2, -0.15) is 0 Å². The number of thioether (sulfide) groups is 1. The minimum Gasteiger partial charge on any atom is -0.480 e. The normalized spacial score (nSPS) is 13.3. The molecule has 0 heterocycles. The lowest BCUT2D eigenvalue weighted by atomic mass is 10.1. The molecular weight excluding hydrogens is 274 g/mol. The van der Waals surface area contributed by atoms with Crippen LogP contribution in [0.5, 0.6) is 0 Å². The molecule has 1 aromatic rings. The fourth-order valence-corrected chi connectivity index (χ4v) is 3.47. The van der Waals surface area contributed by atoms with Crippen LogP contribution in [0.3, 0.4) is 0 Å². The first kappa shape index (κ1) is 15.0. The molecule has 3 N–H and O–H groups in total. The Morgan fingerprint density at radius 1 is 1.50 bits per heavy atom. The SMILES string of the molecule is CSc1cc(CC(N)C(=O)O)ccc1S(C)(=O)=O. The maximum Gasteiger partial charge on any atom is 0.320 e. The second-order valence-corrected chi connectivity index (χ2v) is 6.74. The third-order valence-electron chi connectivity index (χ3n) is 2.40. The number of hydrogen-bond donors (Lipinski definition) is 2. The Kier molecular flexibility index (Phi) is 4.78. The van der Waals surface area contributed by atoms with Crippen LogP contribution >= 0.6 is 11.8 Å². The lowest BCUT2D eigenvalue weighted by Gasteiger charge is -2.10. The highest BCUT2D eigenvalue weighted by Crippen LogP contribution is 2.26. The van der Waals surface area contributed by atoms with Crippen LogP contribution in [0.15, 0.2) is 28.0 Å². The van der Waals surface area contributed by atoms with E-state index in [1.54, 1.807) is 18.4 Å². The largest absolute Gasteiger partial charge is 0.480 e. The second-order valence-electron chi connectivity index (χ2n) is 3.91. The Morgan fingerprint density at radius 2 is 2.11 bits per heavy atom. The highest BCUT2D eigenvalue weighted by molar-refractivity contribution is 7.99. The molecule has 18 heavy (non-hydrogen) atoms. The van der Waals surface area contributed by atoms with Crippen molar-refractivity contribution in [3.63, 3.8) is 0 Å². The van der Waals surface area contributed by atoms with Crippen molar-refractivity contribution in [2.45, 2.75) is 22.3 Å². The lowest BCUT2D eigenvalue weighted by molar-refractivity contribution is -0.138. The Morgan fingerprint density at radius 3 is 2.56 bits per heavy atom. The van der Waals surface area contributed by atoms with Gasteiger partial charge in [0.25, 0.3) is 0 Å². The molecule has 5 nitrogen and oxygen atoms in total. The Hall–Kier alpha value is -1.05. The number of carboxylic acids is 1. The highest BCUT2D eigenvalue weighted by Gasteiger charge is 2.16. The minimum atomic E-state index is -3.28. The van der Waals surface area contributed by atoms with Gasteiger partial charge >= 0.3 is 5.97 Å². The monoisotopic (exact) mass is 289 g/mol. The number of sulfone groups is 1. The fraction of sp³-hybridized carbons (Fsp3) is 0.364. The molecule has 1 atom stereocenters. The van der Waals surface area contributed by atoms with E-state index < -0.39 is 21.8 Å². The van der Waals surface area contributed by atoms with Crippen molar-refractivity contribution >= 4 is 27.6 Å². The number of rotatable bonds is 5. The highest BCUT2D eigenvalue weighted by atomic mass is 32.2. The smallest absolute Gasteiger partial charge is 0.320 e. The number of hydrogen-bond acceptors (Lipinski definition) is 5. The summed E-state index contributed by atoms with van der Waals surface area (Å²) in [6.45, 7) is 0. The molecule has 0 saturated heterocycles. The zero-order chi connectivity index (χ0) is 13.9. The third kappa shape index (κ3) is 3.72. The van der Waals surface area contributed by atoms with E-state index in [2.05, 4.69) is 0 Å². The topological polar surface area (TPSA) is 97.5 Å². The van der Waals surface area contributed by atoms with Crippen LogP contribution in [0.2, 0.25) is 0 Å². The number of nitrogens with two attached hydrogens (primary N) is 1. The number of carbonyl (C=O) groups is 1. The van der Waals surface area contributed by atoms with Crippen molar-refractivity contribution in [1.82, 2.24) is 0 Å². The molecule has 0 radical (unpaired) electrons. The van der Waals surface area contributed by atoms with Gasteiger partial charge in [-0.3, -0.25) is 4.79 Å². The molecule has 0 aliphatic rings. The van der Waals surface area contributed by atoms with Gasteiger partial charge in [-0.1, -0.05) is 6.07 Å². The first-order valence-corrected chi connectivity index (χ1v) is 8.22. The van der Waals surface area contributed by atoms with Crippen molar-refractivity contribution in [1.29, 1.82) is 0 Å². The van der Waals surface area contributed by atoms with E-state index in [1.165, 1.54) is 17.8 Å². The molecule has 0 spiro atoms. The second kappa shape index (κ2) is 5.73. The molecule has 7 heteroatoms. The van der Waals surface area contributed by atoms with Crippen molar-refractivity contribution in [3.8, 4) is 0 Å². The zero-order valence-electron chi connectivity index (χ0n) is 10.1. The van der Waals surface area contributed by atoms with Crippen molar-refractivity contribution in [2.24, 2.45) is 5.73 Å². The maximum absolute atomic E-state index is 11.5. The minimum absolute atomic E-state index is 0.174.